The molecule has 0 unspecified atom stereocenters. The fourth-order valence-corrected chi connectivity index (χ4v) is 2.72. The van der Waals surface area contributed by atoms with E-state index in [0.29, 0.717) is 12.4 Å². The number of rotatable bonds is 3. The lowest BCUT2D eigenvalue weighted by Gasteiger charge is -2.37. The molecule has 0 aliphatic carbocycles. The van der Waals surface area contributed by atoms with E-state index in [-0.39, 0.29) is 18.0 Å². The molecule has 0 spiro atoms. The molecule has 110 valence electrons. The molecule has 1 aromatic carbocycles. The molecule has 20 heavy (non-hydrogen) atoms. The molecule has 1 aliphatic heterocycles. The number of morpholine rings is 1. The van der Waals surface area contributed by atoms with Crippen LogP contribution in [0.2, 0.25) is 0 Å². The van der Waals surface area contributed by atoms with Crippen molar-refractivity contribution in [3.63, 3.8) is 0 Å². The molecule has 1 aromatic rings. The second-order valence-electron chi connectivity index (χ2n) is 5.08. The second kappa shape index (κ2) is 6.41. The molecular formula is C15H21NO3S. The Labute approximate surface area is 125 Å². The molecule has 1 fully saturated rings. The van der Waals surface area contributed by atoms with Crippen LogP contribution in [0.4, 0.5) is 0 Å². The van der Waals surface area contributed by atoms with Crippen LogP contribution >= 0.6 is 12.2 Å². The van der Waals surface area contributed by atoms with E-state index in [2.05, 4.69) is 4.90 Å². The predicted octanol–water partition coefficient (Wildman–Crippen LogP) is 2.58. The standard InChI is InChI=1S/C15H21NO3S/c1-4-18-14-7-12(5-6-13(14)17)15(20)16-8-10(2)19-11(3)9-16/h5-7,10-11,17H,4,8-9H2,1-3H3/t10-,11-/m1/s1. The van der Waals surface area contributed by atoms with Crippen molar-refractivity contribution in [3.05, 3.63) is 23.8 Å². The molecule has 1 heterocycles. The van der Waals surface area contributed by atoms with Gasteiger partial charge in [0.05, 0.1) is 18.8 Å². The van der Waals surface area contributed by atoms with Crippen LogP contribution in [-0.2, 0) is 4.74 Å². The maximum atomic E-state index is 9.74. The monoisotopic (exact) mass is 295 g/mol. The van der Waals surface area contributed by atoms with Crippen LogP contribution in [-0.4, -0.2) is 46.9 Å². The lowest BCUT2D eigenvalue weighted by Crippen LogP contribution is -2.47. The third-order valence-corrected chi connectivity index (χ3v) is 3.71. The lowest BCUT2D eigenvalue weighted by atomic mass is 10.1. The Hall–Kier alpha value is -1.33. The van der Waals surface area contributed by atoms with E-state index < -0.39 is 0 Å². The highest BCUT2D eigenvalue weighted by atomic mass is 32.1. The Balaban J connectivity index is 2.18. The Morgan fingerprint density at radius 2 is 2.05 bits per heavy atom. The van der Waals surface area contributed by atoms with Gasteiger partial charge in [0.15, 0.2) is 11.5 Å². The number of phenolic OH excluding ortho intramolecular Hbond substituents is 1. The highest BCUT2D eigenvalue weighted by molar-refractivity contribution is 7.80. The molecular weight excluding hydrogens is 274 g/mol. The van der Waals surface area contributed by atoms with Gasteiger partial charge < -0.3 is 19.5 Å². The van der Waals surface area contributed by atoms with Crippen molar-refractivity contribution >= 4 is 17.2 Å². The van der Waals surface area contributed by atoms with E-state index in [1.165, 1.54) is 0 Å². The Morgan fingerprint density at radius 1 is 1.40 bits per heavy atom. The molecule has 1 aliphatic rings. The summed E-state index contributed by atoms with van der Waals surface area (Å²) in [7, 11) is 0. The first-order chi connectivity index (χ1) is 9.51. The van der Waals surface area contributed by atoms with Gasteiger partial charge in [-0.15, -0.1) is 0 Å². The first-order valence-electron chi connectivity index (χ1n) is 6.91. The fraction of sp³-hybridized carbons (Fsp3) is 0.533. The van der Waals surface area contributed by atoms with Crippen LogP contribution in [0.15, 0.2) is 18.2 Å². The number of hydrogen-bond acceptors (Lipinski definition) is 4. The van der Waals surface area contributed by atoms with Crippen LogP contribution in [0.25, 0.3) is 0 Å². The molecule has 4 nitrogen and oxygen atoms in total. The summed E-state index contributed by atoms with van der Waals surface area (Å²) in [5.74, 6) is 0.615. The second-order valence-corrected chi connectivity index (χ2v) is 5.47. The van der Waals surface area contributed by atoms with E-state index >= 15 is 0 Å². The predicted molar refractivity (Wildman–Crippen MR) is 82.6 cm³/mol. The van der Waals surface area contributed by atoms with Crippen molar-refractivity contribution in [2.45, 2.75) is 33.0 Å². The van der Waals surface area contributed by atoms with Gasteiger partial charge in [-0.3, -0.25) is 0 Å². The first-order valence-corrected chi connectivity index (χ1v) is 7.32. The highest BCUT2D eigenvalue weighted by Gasteiger charge is 2.24. The maximum Gasteiger partial charge on any atom is 0.161 e. The fourth-order valence-electron chi connectivity index (χ4n) is 2.44. The van der Waals surface area contributed by atoms with E-state index in [4.69, 9.17) is 21.7 Å². The zero-order chi connectivity index (χ0) is 14.7. The smallest absolute Gasteiger partial charge is 0.161 e. The van der Waals surface area contributed by atoms with E-state index in [0.717, 1.165) is 23.6 Å². The van der Waals surface area contributed by atoms with E-state index in [1.54, 1.807) is 12.1 Å². The van der Waals surface area contributed by atoms with Crippen LogP contribution in [0.3, 0.4) is 0 Å². The number of aromatic hydroxyl groups is 1. The quantitative estimate of drug-likeness (QED) is 0.868. The Kier molecular flexibility index (Phi) is 4.83. The van der Waals surface area contributed by atoms with Gasteiger partial charge in [0.25, 0.3) is 0 Å². The molecule has 0 bridgehead atoms. The average Bonchev–Trinajstić information content (AvgIpc) is 2.39. The Bertz CT molecular complexity index is 482. The maximum absolute atomic E-state index is 9.74. The first kappa shape index (κ1) is 15.1. The number of hydrogen-bond donors (Lipinski definition) is 1. The summed E-state index contributed by atoms with van der Waals surface area (Å²) in [6.07, 6.45) is 0.334. The summed E-state index contributed by atoms with van der Waals surface area (Å²) in [4.78, 5) is 2.92. The average molecular weight is 295 g/mol. The zero-order valence-electron chi connectivity index (χ0n) is 12.1. The number of ether oxygens (including phenoxy) is 2. The van der Waals surface area contributed by atoms with Crippen molar-refractivity contribution < 1.29 is 14.6 Å². The third kappa shape index (κ3) is 3.41. The Morgan fingerprint density at radius 3 is 2.65 bits per heavy atom. The van der Waals surface area contributed by atoms with Gasteiger partial charge in [0.2, 0.25) is 0 Å². The number of thiocarbonyl (C=S) groups is 1. The van der Waals surface area contributed by atoms with E-state index in [1.807, 2.05) is 26.8 Å². The van der Waals surface area contributed by atoms with Crippen molar-refractivity contribution in [1.29, 1.82) is 0 Å². The SMILES string of the molecule is CCOc1cc(C(=S)N2C[C@@H](C)O[C@H](C)C2)ccc1O. The number of benzene rings is 1. The minimum Gasteiger partial charge on any atom is -0.504 e. The van der Waals surface area contributed by atoms with Crippen molar-refractivity contribution in [1.82, 2.24) is 4.90 Å². The summed E-state index contributed by atoms with van der Waals surface area (Å²) >= 11 is 5.57. The van der Waals surface area contributed by atoms with Crippen molar-refractivity contribution in [3.8, 4) is 11.5 Å². The molecule has 0 saturated carbocycles. The molecule has 0 aromatic heterocycles. The van der Waals surface area contributed by atoms with E-state index in [9.17, 15) is 5.11 Å². The number of nitrogens with zero attached hydrogens (tertiary/aromatic N) is 1. The van der Waals surface area contributed by atoms with Gasteiger partial charge in [-0.25, -0.2) is 0 Å². The third-order valence-electron chi connectivity index (χ3n) is 3.21. The van der Waals surface area contributed by atoms with Gasteiger partial charge in [0.1, 0.15) is 4.99 Å². The van der Waals surface area contributed by atoms with Crippen LogP contribution in [0.1, 0.15) is 26.3 Å². The van der Waals surface area contributed by atoms with Crippen molar-refractivity contribution in [2.24, 2.45) is 0 Å². The summed E-state index contributed by atoms with van der Waals surface area (Å²) in [6.45, 7) is 8.06. The molecule has 5 heteroatoms. The van der Waals surface area contributed by atoms with Crippen LogP contribution in [0.5, 0.6) is 11.5 Å². The topological polar surface area (TPSA) is 41.9 Å². The van der Waals surface area contributed by atoms with Gasteiger partial charge in [-0.05, 0) is 39.0 Å². The highest BCUT2D eigenvalue weighted by Crippen LogP contribution is 2.28. The van der Waals surface area contributed by atoms with Gasteiger partial charge in [-0.1, -0.05) is 12.2 Å². The van der Waals surface area contributed by atoms with Crippen LogP contribution in [0, 0.1) is 0 Å². The molecule has 0 radical (unpaired) electrons. The summed E-state index contributed by atoms with van der Waals surface area (Å²) in [6, 6.07) is 5.25. The summed E-state index contributed by atoms with van der Waals surface area (Å²) < 4.78 is 11.1. The lowest BCUT2D eigenvalue weighted by molar-refractivity contribution is -0.0472. The zero-order valence-corrected chi connectivity index (χ0v) is 12.9. The number of phenols is 1. The summed E-state index contributed by atoms with van der Waals surface area (Å²) in [5.41, 5.74) is 0.891. The largest absolute Gasteiger partial charge is 0.504 e. The minimum absolute atomic E-state index is 0.141. The minimum atomic E-state index is 0.141. The molecule has 1 N–H and O–H groups in total. The molecule has 1 saturated heterocycles. The normalized spacial score (nSPS) is 22.6. The molecule has 2 atom stereocenters. The van der Waals surface area contributed by atoms with Crippen molar-refractivity contribution in [2.75, 3.05) is 19.7 Å². The van der Waals surface area contributed by atoms with Gasteiger partial charge in [0, 0.05) is 18.7 Å². The molecule has 0 amide bonds. The van der Waals surface area contributed by atoms with Gasteiger partial charge >= 0.3 is 0 Å². The summed E-state index contributed by atoms with van der Waals surface area (Å²) in [5, 5.41) is 9.74. The van der Waals surface area contributed by atoms with Gasteiger partial charge in [-0.2, -0.15) is 0 Å². The molecule has 2 rings (SSSR count). The van der Waals surface area contributed by atoms with Crippen LogP contribution < -0.4 is 4.74 Å².